The zero-order valence-corrected chi connectivity index (χ0v) is 16.8. The Labute approximate surface area is 179 Å². The van der Waals surface area contributed by atoms with Gasteiger partial charge in [0.1, 0.15) is 22.9 Å². The van der Waals surface area contributed by atoms with Crippen LogP contribution in [0.3, 0.4) is 0 Å². The molecule has 1 N–H and O–H groups in total. The highest BCUT2D eigenvalue weighted by Crippen LogP contribution is 2.29. The third kappa shape index (κ3) is 4.46. The molecule has 1 heterocycles. The van der Waals surface area contributed by atoms with Crippen molar-refractivity contribution < 1.29 is 14.1 Å². The summed E-state index contributed by atoms with van der Waals surface area (Å²) < 4.78 is 10.9. The standard InChI is InChI=1S/C25H19N3O3/c1-2-30-21-11-9-20(10-12-21)27-25(29)19(16-26)14-17-8-13-23-22(15-17)24(31-28-23)18-6-4-3-5-7-18/h3-15H,2H2,1H3,(H,27,29)/b19-14+. The molecular formula is C25H19N3O3. The molecule has 152 valence electrons. The van der Waals surface area contributed by atoms with E-state index in [1.165, 1.54) is 0 Å². The van der Waals surface area contributed by atoms with E-state index in [1.807, 2.05) is 49.4 Å². The molecule has 0 bridgehead atoms. The summed E-state index contributed by atoms with van der Waals surface area (Å²) in [6.07, 6.45) is 1.55. The molecular weight excluding hydrogens is 390 g/mol. The van der Waals surface area contributed by atoms with Crippen molar-refractivity contribution in [2.45, 2.75) is 6.92 Å². The lowest BCUT2D eigenvalue weighted by Crippen LogP contribution is -2.13. The summed E-state index contributed by atoms with van der Waals surface area (Å²) in [6, 6.07) is 24.1. The quantitative estimate of drug-likeness (QED) is 0.338. The van der Waals surface area contributed by atoms with Crippen molar-refractivity contribution in [2.75, 3.05) is 11.9 Å². The highest BCUT2D eigenvalue weighted by atomic mass is 16.5. The number of nitrogens with zero attached hydrogens (tertiary/aromatic N) is 2. The van der Waals surface area contributed by atoms with Crippen LogP contribution in [-0.2, 0) is 4.79 Å². The summed E-state index contributed by atoms with van der Waals surface area (Å²) in [4.78, 5) is 12.6. The van der Waals surface area contributed by atoms with Gasteiger partial charge in [-0.15, -0.1) is 0 Å². The van der Waals surface area contributed by atoms with E-state index in [4.69, 9.17) is 9.26 Å². The zero-order valence-electron chi connectivity index (χ0n) is 16.8. The van der Waals surface area contributed by atoms with Crippen LogP contribution in [0.2, 0.25) is 0 Å². The molecule has 0 spiro atoms. The van der Waals surface area contributed by atoms with E-state index in [2.05, 4.69) is 10.5 Å². The van der Waals surface area contributed by atoms with Crippen molar-refractivity contribution in [1.29, 1.82) is 5.26 Å². The van der Waals surface area contributed by atoms with Gasteiger partial charge in [0.15, 0.2) is 5.76 Å². The molecule has 6 nitrogen and oxygen atoms in total. The van der Waals surface area contributed by atoms with Crippen LogP contribution in [0.5, 0.6) is 5.75 Å². The number of carbonyl (C=O) groups excluding carboxylic acids is 1. The fourth-order valence-electron chi connectivity index (χ4n) is 3.16. The van der Waals surface area contributed by atoms with Gasteiger partial charge in [-0.3, -0.25) is 4.79 Å². The Morgan fingerprint density at radius 2 is 1.90 bits per heavy atom. The molecule has 0 radical (unpaired) electrons. The average molecular weight is 409 g/mol. The van der Waals surface area contributed by atoms with Crippen molar-refractivity contribution in [3.8, 4) is 23.1 Å². The largest absolute Gasteiger partial charge is 0.494 e. The summed E-state index contributed by atoms with van der Waals surface area (Å²) in [5, 5.41) is 17.2. The number of rotatable bonds is 6. The van der Waals surface area contributed by atoms with Gasteiger partial charge in [-0.25, -0.2) is 0 Å². The van der Waals surface area contributed by atoms with E-state index < -0.39 is 5.91 Å². The molecule has 1 aromatic heterocycles. The lowest BCUT2D eigenvalue weighted by atomic mass is 10.0. The van der Waals surface area contributed by atoms with Gasteiger partial charge in [-0.05, 0) is 55.0 Å². The van der Waals surface area contributed by atoms with Crippen LogP contribution < -0.4 is 10.1 Å². The first-order valence-electron chi connectivity index (χ1n) is 9.79. The second-order valence-electron chi connectivity index (χ2n) is 6.74. The third-order valence-corrected chi connectivity index (χ3v) is 4.64. The normalized spacial score (nSPS) is 11.2. The number of benzene rings is 3. The molecule has 31 heavy (non-hydrogen) atoms. The molecule has 0 atom stereocenters. The Morgan fingerprint density at radius 3 is 2.61 bits per heavy atom. The molecule has 4 rings (SSSR count). The highest BCUT2D eigenvalue weighted by Gasteiger charge is 2.13. The van der Waals surface area contributed by atoms with Crippen molar-refractivity contribution in [1.82, 2.24) is 5.16 Å². The fraction of sp³-hybridized carbons (Fsp3) is 0.0800. The molecule has 0 aliphatic heterocycles. The van der Waals surface area contributed by atoms with Crippen molar-refractivity contribution in [2.24, 2.45) is 0 Å². The van der Waals surface area contributed by atoms with E-state index in [0.717, 1.165) is 10.9 Å². The maximum Gasteiger partial charge on any atom is 0.266 e. The SMILES string of the molecule is CCOc1ccc(NC(=O)/C(C#N)=C/c2ccc3noc(-c4ccccc4)c3c2)cc1. The average Bonchev–Trinajstić information content (AvgIpc) is 3.23. The lowest BCUT2D eigenvalue weighted by molar-refractivity contribution is -0.112. The van der Waals surface area contributed by atoms with E-state index >= 15 is 0 Å². The molecule has 3 aromatic carbocycles. The minimum absolute atomic E-state index is 0.00838. The second-order valence-corrected chi connectivity index (χ2v) is 6.74. The zero-order chi connectivity index (χ0) is 21.6. The van der Waals surface area contributed by atoms with Crippen molar-refractivity contribution in [3.63, 3.8) is 0 Å². The minimum Gasteiger partial charge on any atom is -0.494 e. The number of anilines is 1. The molecule has 0 saturated heterocycles. The molecule has 0 fully saturated rings. The summed E-state index contributed by atoms with van der Waals surface area (Å²) >= 11 is 0. The Hall–Kier alpha value is -4.37. The van der Waals surface area contributed by atoms with Crippen molar-refractivity contribution in [3.05, 3.63) is 83.9 Å². The number of carbonyl (C=O) groups is 1. The minimum atomic E-state index is -0.486. The van der Waals surface area contributed by atoms with Crippen LogP contribution >= 0.6 is 0 Å². The fourth-order valence-corrected chi connectivity index (χ4v) is 3.16. The van der Waals surface area contributed by atoms with Crippen LogP contribution in [0.25, 0.3) is 28.3 Å². The number of hydrogen-bond donors (Lipinski definition) is 1. The summed E-state index contributed by atoms with van der Waals surface area (Å²) in [6.45, 7) is 2.47. The maximum atomic E-state index is 12.6. The third-order valence-electron chi connectivity index (χ3n) is 4.64. The topological polar surface area (TPSA) is 88.1 Å². The first-order valence-corrected chi connectivity index (χ1v) is 9.79. The van der Waals surface area contributed by atoms with E-state index in [-0.39, 0.29) is 5.57 Å². The predicted molar refractivity (Wildman–Crippen MR) is 119 cm³/mol. The molecule has 0 aliphatic carbocycles. The number of ether oxygens (including phenoxy) is 1. The Balaban J connectivity index is 1.59. The number of hydrogen-bond acceptors (Lipinski definition) is 5. The van der Waals surface area contributed by atoms with Crippen LogP contribution in [-0.4, -0.2) is 17.7 Å². The molecule has 4 aromatic rings. The Kier molecular flexibility index (Phi) is 5.77. The Bertz CT molecular complexity index is 1280. The number of fused-ring (bicyclic) bond motifs is 1. The molecule has 6 heteroatoms. The molecule has 0 unspecified atom stereocenters. The number of amides is 1. The lowest BCUT2D eigenvalue weighted by Gasteiger charge is -2.06. The first kappa shape index (κ1) is 19.9. The maximum absolute atomic E-state index is 12.6. The second kappa shape index (κ2) is 8.97. The highest BCUT2D eigenvalue weighted by molar-refractivity contribution is 6.10. The van der Waals surface area contributed by atoms with Gasteiger partial charge >= 0.3 is 0 Å². The molecule has 1 amide bonds. The van der Waals surface area contributed by atoms with Gasteiger partial charge in [0.05, 0.1) is 12.0 Å². The van der Waals surface area contributed by atoms with Gasteiger partial charge in [-0.1, -0.05) is 41.6 Å². The molecule has 0 aliphatic rings. The van der Waals surface area contributed by atoms with Crippen LogP contribution in [0.15, 0.2) is 82.9 Å². The number of aromatic nitrogens is 1. The molecule has 0 saturated carbocycles. The number of nitrogens with one attached hydrogen (secondary N) is 1. The van der Waals surface area contributed by atoms with Gasteiger partial charge in [0.25, 0.3) is 5.91 Å². The smallest absolute Gasteiger partial charge is 0.266 e. The van der Waals surface area contributed by atoms with E-state index in [0.29, 0.717) is 34.9 Å². The van der Waals surface area contributed by atoms with Crippen LogP contribution in [0.4, 0.5) is 5.69 Å². The summed E-state index contributed by atoms with van der Waals surface area (Å²) in [5.74, 6) is 0.872. The first-order chi connectivity index (χ1) is 15.2. The van der Waals surface area contributed by atoms with Crippen LogP contribution in [0, 0.1) is 11.3 Å². The van der Waals surface area contributed by atoms with Gasteiger partial charge < -0.3 is 14.6 Å². The van der Waals surface area contributed by atoms with Gasteiger partial charge in [0.2, 0.25) is 0 Å². The number of nitriles is 1. The van der Waals surface area contributed by atoms with Gasteiger partial charge in [-0.2, -0.15) is 5.26 Å². The van der Waals surface area contributed by atoms with E-state index in [9.17, 15) is 10.1 Å². The predicted octanol–water partition coefficient (Wildman–Crippen LogP) is 5.44. The van der Waals surface area contributed by atoms with Crippen molar-refractivity contribution >= 4 is 28.6 Å². The summed E-state index contributed by atoms with van der Waals surface area (Å²) in [7, 11) is 0. The van der Waals surface area contributed by atoms with Crippen LogP contribution in [0.1, 0.15) is 12.5 Å². The van der Waals surface area contributed by atoms with Gasteiger partial charge in [0, 0.05) is 11.3 Å². The Morgan fingerprint density at radius 1 is 1.13 bits per heavy atom. The summed E-state index contributed by atoms with van der Waals surface area (Å²) in [5.41, 5.74) is 2.88. The van der Waals surface area contributed by atoms with E-state index in [1.54, 1.807) is 42.5 Å². The monoisotopic (exact) mass is 409 g/mol.